The van der Waals surface area contributed by atoms with E-state index in [-0.39, 0.29) is 11.2 Å². The maximum Gasteiger partial charge on any atom is 0.210 e. The molecular formula is C25H21N3O4. The first kappa shape index (κ1) is 19.8. The third-order valence-corrected chi connectivity index (χ3v) is 5.38. The van der Waals surface area contributed by atoms with Crippen LogP contribution in [-0.4, -0.2) is 25.8 Å². The predicted octanol–water partition coefficient (Wildman–Crippen LogP) is 3.85. The predicted molar refractivity (Wildman–Crippen MR) is 120 cm³/mol. The lowest BCUT2D eigenvalue weighted by Crippen LogP contribution is -2.29. The number of rotatable bonds is 5. The first-order chi connectivity index (χ1) is 15.4. The summed E-state index contributed by atoms with van der Waals surface area (Å²) in [7, 11) is 0. The van der Waals surface area contributed by atoms with Crippen LogP contribution in [0.1, 0.15) is 30.7 Å². The van der Waals surface area contributed by atoms with Crippen molar-refractivity contribution in [2.45, 2.75) is 26.1 Å². The molecule has 0 radical (unpaired) electrons. The summed E-state index contributed by atoms with van der Waals surface area (Å²) >= 11 is 0. The Hall–Kier alpha value is -4.13. The lowest BCUT2D eigenvalue weighted by Gasteiger charge is -2.17. The minimum atomic E-state index is -0.930. The Bertz CT molecular complexity index is 1400. The highest BCUT2D eigenvalue weighted by molar-refractivity contribution is 6.32. The van der Waals surface area contributed by atoms with E-state index in [1.807, 2.05) is 47.0 Å². The summed E-state index contributed by atoms with van der Waals surface area (Å²) < 4.78 is 13.8. The monoisotopic (exact) mass is 427 g/mol. The van der Waals surface area contributed by atoms with E-state index in [9.17, 15) is 9.59 Å². The van der Waals surface area contributed by atoms with E-state index in [0.29, 0.717) is 29.3 Å². The van der Waals surface area contributed by atoms with Gasteiger partial charge in [0.2, 0.25) is 5.78 Å². The third-order valence-electron chi connectivity index (χ3n) is 5.38. The van der Waals surface area contributed by atoms with Crippen molar-refractivity contribution in [2.75, 3.05) is 0 Å². The molecule has 1 aliphatic rings. The third kappa shape index (κ3) is 3.58. The van der Waals surface area contributed by atoms with Gasteiger partial charge in [0.15, 0.2) is 11.0 Å². The highest BCUT2D eigenvalue weighted by Gasteiger charge is 2.42. The maximum atomic E-state index is 13.1. The largest absolute Gasteiger partial charge is 0.487 e. The number of H-pyrrole nitrogens is 1. The molecule has 0 fully saturated rings. The first-order valence-corrected chi connectivity index (χ1v) is 10.2. The first-order valence-electron chi connectivity index (χ1n) is 10.2. The molecule has 0 aliphatic carbocycles. The van der Waals surface area contributed by atoms with Gasteiger partial charge in [0.1, 0.15) is 23.8 Å². The van der Waals surface area contributed by atoms with Crippen LogP contribution in [0.3, 0.4) is 0 Å². The highest BCUT2D eigenvalue weighted by Crippen LogP contribution is 2.41. The molecule has 0 unspecified atom stereocenters. The molecule has 0 saturated heterocycles. The van der Waals surface area contributed by atoms with Gasteiger partial charge in [-0.25, -0.2) is 0 Å². The Morgan fingerprint density at radius 1 is 1.03 bits per heavy atom. The molecule has 5 rings (SSSR count). The fourth-order valence-corrected chi connectivity index (χ4v) is 3.75. The summed E-state index contributed by atoms with van der Waals surface area (Å²) in [5, 5.41) is 0. The Morgan fingerprint density at radius 3 is 2.53 bits per heavy atom. The topological polar surface area (TPSA) is 85.7 Å². The number of Topliss-reactive ketones (excluding diaryl/α,β-unsaturated/α-hetero) is 1. The molecule has 0 saturated carbocycles. The van der Waals surface area contributed by atoms with E-state index >= 15 is 0 Å². The Morgan fingerprint density at radius 2 is 1.78 bits per heavy atom. The quantitative estimate of drug-likeness (QED) is 0.523. The van der Waals surface area contributed by atoms with E-state index in [1.54, 1.807) is 32.4 Å². The molecule has 0 spiro atoms. The van der Waals surface area contributed by atoms with Crippen molar-refractivity contribution in [1.29, 1.82) is 0 Å². The molecular weight excluding hydrogens is 406 g/mol. The molecule has 3 aromatic heterocycles. The molecule has 1 aromatic carbocycles. The molecule has 4 heterocycles. The Labute approximate surface area is 184 Å². The van der Waals surface area contributed by atoms with E-state index in [4.69, 9.17) is 9.47 Å². The van der Waals surface area contributed by atoms with E-state index < -0.39 is 5.60 Å². The number of ether oxygens (including phenoxy) is 2. The van der Waals surface area contributed by atoms with Crippen LogP contribution in [0.4, 0.5) is 0 Å². The SMILES string of the molecule is CC1(C)OC(c2ccncc2)=C(c2ccc(OCc3cn4ccc(=O)cc4[nH]3)cc2)C1=O. The molecule has 1 N–H and O–H groups in total. The number of nitrogens with one attached hydrogen (secondary N) is 1. The molecule has 4 aromatic rings. The minimum absolute atomic E-state index is 0.0519. The van der Waals surface area contributed by atoms with Crippen LogP contribution >= 0.6 is 0 Å². The lowest BCUT2D eigenvalue weighted by atomic mass is 9.93. The van der Waals surface area contributed by atoms with Gasteiger partial charge >= 0.3 is 0 Å². The van der Waals surface area contributed by atoms with Crippen molar-refractivity contribution in [3.8, 4) is 5.75 Å². The van der Waals surface area contributed by atoms with Crippen molar-refractivity contribution in [2.24, 2.45) is 0 Å². The lowest BCUT2D eigenvalue weighted by molar-refractivity contribution is -0.125. The maximum absolute atomic E-state index is 13.1. The number of nitrogens with zero attached hydrogens (tertiary/aromatic N) is 2. The average molecular weight is 427 g/mol. The van der Waals surface area contributed by atoms with Crippen molar-refractivity contribution >= 4 is 22.8 Å². The van der Waals surface area contributed by atoms with Gasteiger partial charge in [-0.15, -0.1) is 0 Å². The van der Waals surface area contributed by atoms with Crippen molar-refractivity contribution in [3.05, 3.63) is 100 Å². The van der Waals surface area contributed by atoms with E-state index in [0.717, 1.165) is 16.8 Å². The van der Waals surface area contributed by atoms with Gasteiger partial charge in [-0.3, -0.25) is 14.6 Å². The fraction of sp³-hybridized carbons (Fsp3) is 0.160. The van der Waals surface area contributed by atoms with Gasteiger partial charge in [0.05, 0.1) is 11.3 Å². The summed E-state index contributed by atoms with van der Waals surface area (Å²) in [6.45, 7) is 3.86. The van der Waals surface area contributed by atoms with Crippen molar-refractivity contribution in [1.82, 2.24) is 14.4 Å². The summed E-state index contributed by atoms with van der Waals surface area (Å²) in [6, 6.07) is 14.1. The Balaban J connectivity index is 1.39. The van der Waals surface area contributed by atoms with Crippen LogP contribution in [0.2, 0.25) is 0 Å². The van der Waals surface area contributed by atoms with Crippen LogP contribution in [0.5, 0.6) is 5.75 Å². The molecule has 0 bridgehead atoms. The fourth-order valence-electron chi connectivity index (χ4n) is 3.75. The number of benzene rings is 1. The summed E-state index contributed by atoms with van der Waals surface area (Å²) in [5.41, 5.74) is 2.70. The number of aromatic nitrogens is 3. The number of hydrogen-bond donors (Lipinski definition) is 1. The zero-order valence-electron chi connectivity index (χ0n) is 17.7. The molecule has 0 atom stereocenters. The van der Waals surface area contributed by atoms with Gasteiger partial charge in [-0.2, -0.15) is 0 Å². The smallest absolute Gasteiger partial charge is 0.210 e. The number of pyridine rings is 2. The van der Waals surface area contributed by atoms with E-state index in [2.05, 4.69) is 9.97 Å². The van der Waals surface area contributed by atoms with Crippen LogP contribution in [0.15, 0.2) is 78.1 Å². The standard InChI is InChI=1S/C25H21N3O4/c1-25(2)24(30)22(23(32-25)17-7-10-26-11-8-17)16-3-5-20(6-4-16)31-15-18-14-28-12-9-19(29)13-21(28)27-18/h3-14,27H,15H2,1-2H3. The summed E-state index contributed by atoms with van der Waals surface area (Å²) in [5.74, 6) is 1.16. The molecule has 7 nitrogen and oxygen atoms in total. The van der Waals surface area contributed by atoms with Crippen molar-refractivity contribution in [3.63, 3.8) is 0 Å². The zero-order valence-corrected chi connectivity index (χ0v) is 17.7. The number of carbonyl (C=O) groups excluding carboxylic acids is 1. The van der Waals surface area contributed by atoms with E-state index in [1.165, 1.54) is 12.1 Å². The van der Waals surface area contributed by atoms with Gasteiger partial charge in [-0.05, 0) is 43.7 Å². The van der Waals surface area contributed by atoms with Crippen LogP contribution in [0.25, 0.3) is 17.0 Å². The van der Waals surface area contributed by atoms with Gasteiger partial charge in [-0.1, -0.05) is 12.1 Å². The van der Waals surface area contributed by atoms with Gasteiger partial charge in [0.25, 0.3) is 0 Å². The second-order valence-corrected chi connectivity index (χ2v) is 8.13. The molecule has 32 heavy (non-hydrogen) atoms. The zero-order chi connectivity index (χ0) is 22.3. The number of aromatic amines is 1. The summed E-state index contributed by atoms with van der Waals surface area (Å²) in [4.78, 5) is 31.8. The summed E-state index contributed by atoms with van der Waals surface area (Å²) in [6.07, 6.45) is 6.95. The van der Waals surface area contributed by atoms with Crippen LogP contribution in [-0.2, 0) is 16.1 Å². The van der Waals surface area contributed by atoms with Gasteiger partial charge in [0, 0.05) is 42.5 Å². The second-order valence-electron chi connectivity index (χ2n) is 8.13. The Kier molecular flexibility index (Phi) is 4.66. The molecule has 160 valence electrons. The van der Waals surface area contributed by atoms with Gasteiger partial charge < -0.3 is 18.9 Å². The second kappa shape index (κ2) is 7.53. The number of carbonyl (C=O) groups is 1. The van der Waals surface area contributed by atoms with Crippen LogP contribution < -0.4 is 10.2 Å². The molecule has 1 aliphatic heterocycles. The minimum Gasteiger partial charge on any atom is -0.487 e. The molecule has 7 heteroatoms. The number of fused-ring (bicyclic) bond motifs is 1. The number of imidazole rings is 1. The number of hydrogen-bond acceptors (Lipinski definition) is 5. The van der Waals surface area contributed by atoms with Crippen LogP contribution in [0, 0.1) is 0 Å². The molecule has 0 amide bonds. The van der Waals surface area contributed by atoms with Crippen molar-refractivity contribution < 1.29 is 14.3 Å². The normalized spacial score (nSPS) is 15.2. The highest BCUT2D eigenvalue weighted by atomic mass is 16.5. The number of ketones is 1. The average Bonchev–Trinajstić information content (AvgIpc) is 3.30.